The number of phenols is 2. The Hall–Kier alpha value is -7.02. The van der Waals surface area contributed by atoms with Gasteiger partial charge in [-0.2, -0.15) is 4.39 Å². The Morgan fingerprint density at radius 2 is 1.72 bits per heavy atom. The van der Waals surface area contributed by atoms with Crippen molar-refractivity contribution in [1.82, 2.24) is 44.1 Å². The van der Waals surface area contributed by atoms with Crippen molar-refractivity contribution in [3.8, 4) is 28.6 Å². The SMILES string of the molecule is CCNC(=O)c1nnc(-c2cc(C(C)C)c(O)cc2O)n1-c1ccc(N(C)C2CCN(C(=O)CCC(=O)OCC(O)Cn3cnc4c(c(Nc5ccc(I)cc5F)c(F)c(=O)n4C)c3=O)CC2)nc1. The molecule has 0 saturated carbocycles. The number of hydrogen-bond donors (Lipinski definition) is 5. The molecular weight excluding hydrogens is 1020 g/mol. The second-order valence-corrected chi connectivity index (χ2v) is 18.0. The van der Waals surface area contributed by atoms with E-state index in [0.717, 1.165) is 15.5 Å². The van der Waals surface area contributed by atoms with Crippen LogP contribution in [0.1, 0.15) is 68.6 Å². The second-order valence-electron chi connectivity index (χ2n) is 16.8. The highest BCUT2D eigenvalue weighted by Crippen LogP contribution is 2.38. The van der Waals surface area contributed by atoms with E-state index in [2.05, 4.69) is 30.8 Å². The van der Waals surface area contributed by atoms with E-state index < -0.39 is 59.6 Å². The molecule has 2 aromatic carbocycles. The number of nitrogens with zero attached hydrogens (tertiary/aromatic N) is 9. The summed E-state index contributed by atoms with van der Waals surface area (Å²) in [5.41, 5.74) is -1.64. The number of halogens is 3. The van der Waals surface area contributed by atoms with Crippen LogP contribution in [0.2, 0.25) is 0 Å². The van der Waals surface area contributed by atoms with Gasteiger partial charge in [-0.25, -0.2) is 14.4 Å². The molecule has 7 rings (SSSR count). The van der Waals surface area contributed by atoms with E-state index in [4.69, 9.17) is 4.74 Å². The summed E-state index contributed by atoms with van der Waals surface area (Å²) < 4.78 is 39.1. The number of phenolic OH excluding ortho intramolecular Hbond substituents is 2. The number of fused-ring (bicyclic) bond motifs is 1. The normalized spacial score (nSPS) is 13.4. The summed E-state index contributed by atoms with van der Waals surface area (Å²) >= 11 is 1.89. The van der Waals surface area contributed by atoms with Crippen molar-refractivity contribution in [1.29, 1.82) is 0 Å². The molecule has 6 aromatic rings. The maximum atomic E-state index is 15.4. The molecule has 0 radical (unpaired) electrons. The number of anilines is 3. The van der Waals surface area contributed by atoms with Crippen LogP contribution in [0, 0.1) is 15.2 Å². The number of aromatic nitrogens is 7. The molecule has 5 N–H and O–H groups in total. The minimum atomic E-state index is -1.42. The lowest BCUT2D eigenvalue weighted by atomic mass is 9.98. The van der Waals surface area contributed by atoms with Crippen LogP contribution < -0.4 is 26.7 Å². The van der Waals surface area contributed by atoms with Gasteiger partial charge in [-0.3, -0.25) is 37.7 Å². The van der Waals surface area contributed by atoms with Crippen LogP contribution in [0.4, 0.5) is 26.0 Å². The molecule has 4 aromatic heterocycles. The molecule has 1 atom stereocenters. The molecule has 0 aliphatic carbocycles. The molecule has 1 fully saturated rings. The van der Waals surface area contributed by atoms with E-state index >= 15 is 4.39 Å². The number of aromatic hydroxyl groups is 2. The predicted octanol–water partition coefficient (Wildman–Crippen LogP) is 4.46. The summed E-state index contributed by atoms with van der Waals surface area (Å²) in [6, 6.07) is 10.5. The minimum absolute atomic E-state index is 0.00802. The molecule has 1 unspecified atom stereocenters. The summed E-state index contributed by atoms with van der Waals surface area (Å²) in [6.45, 7) is 5.76. The van der Waals surface area contributed by atoms with E-state index in [1.165, 1.54) is 29.8 Å². The van der Waals surface area contributed by atoms with Crippen LogP contribution in [-0.4, -0.2) is 117 Å². The lowest BCUT2D eigenvalue weighted by molar-refractivity contribution is -0.149. The average molecular weight is 1070 g/mol. The van der Waals surface area contributed by atoms with Gasteiger partial charge in [-0.1, -0.05) is 13.8 Å². The highest BCUT2D eigenvalue weighted by atomic mass is 127. The van der Waals surface area contributed by atoms with Crippen LogP contribution in [0.3, 0.4) is 0 Å². The number of ether oxygens (including phenoxy) is 1. The van der Waals surface area contributed by atoms with Gasteiger partial charge in [0.1, 0.15) is 47.6 Å². The van der Waals surface area contributed by atoms with Gasteiger partial charge in [0.2, 0.25) is 17.5 Å². The molecule has 1 aliphatic heterocycles. The third kappa shape index (κ3) is 10.7. The number of hydrogen-bond acceptors (Lipinski definition) is 15. The van der Waals surface area contributed by atoms with Gasteiger partial charge < -0.3 is 40.5 Å². The Morgan fingerprint density at radius 3 is 2.39 bits per heavy atom. The first-order valence-electron chi connectivity index (χ1n) is 22.0. The molecule has 20 nitrogen and oxygen atoms in total. The molecule has 2 amide bonds. The van der Waals surface area contributed by atoms with Gasteiger partial charge in [0, 0.05) is 55.8 Å². The maximum Gasteiger partial charge on any atom is 0.306 e. The van der Waals surface area contributed by atoms with E-state index in [9.17, 15) is 43.7 Å². The molecule has 364 valence electrons. The van der Waals surface area contributed by atoms with Crippen LogP contribution in [0.5, 0.6) is 11.5 Å². The summed E-state index contributed by atoms with van der Waals surface area (Å²) in [5.74, 6) is -3.21. The first-order valence-corrected chi connectivity index (χ1v) is 23.1. The van der Waals surface area contributed by atoms with Gasteiger partial charge in [0.05, 0.1) is 41.8 Å². The second kappa shape index (κ2) is 21.1. The molecule has 69 heavy (non-hydrogen) atoms. The summed E-state index contributed by atoms with van der Waals surface area (Å²) in [5, 5.41) is 45.3. The first-order chi connectivity index (χ1) is 32.9. The van der Waals surface area contributed by atoms with Crippen molar-refractivity contribution >= 4 is 68.6 Å². The van der Waals surface area contributed by atoms with Crippen molar-refractivity contribution in [2.75, 3.05) is 43.5 Å². The fourth-order valence-corrected chi connectivity index (χ4v) is 8.48. The zero-order chi connectivity index (χ0) is 49.8. The number of rotatable bonds is 16. The Kier molecular flexibility index (Phi) is 15.2. The van der Waals surface area contributed by atoms with Crippen molar-refractivity contribution in [2.45, 2.75) is 71.1 Å². The van der Waals surface area contributed by atoms with Crippen molar-refractivity contribution in [3.05, 3.63) is 102 Å². The van der Waals surface area contributed by atoms with Gasteiger partial charge in [-0.05, 0) is 90.2 Å². The number of aliphatic hydroxyl groups is 1. The van der Waals surface area contributed by atoms with Gasteiger partial charge in [0.15, 0.2) is 11.5 Å². The highest BCUT2D eigenvalue weighted by molar-refractivity contribution is 14.1. The number of esters is 1. The van der Waals surface area contributed by atoms with E-state index in [-0.39, 0.29) is 76.1 Å². The number of pyridine rings is 2. The molecule has 23 heteroatoms. The minimum Gasteiger partial charge on any atom is -0.508 e. The van der Waals surface area contributed by atoms with Crippen molar-refractivity contribution < 1.29 is 43.2 Å². The quantitative estimate of drug-likeness (QED) is 0.0663. The maximum absolute atomic E-state index is 15.4. The fourth-order valence-electron chi connectivity index (χ4n) is 8.03. The molecule has 1 saturated heterocycles. The third-order valence-corrected chi connectivity index (χ3v) is 12.5. The molecular formula is C46H50F2IN11O9. The standard InChI is InChI=1S/C46H50F2IN11O9/c1-6-50-44(66)43-55-54-41(30-18-29(24(2)3)33(62)19-34(30)63)60(43)27-8-10-35(51-20-27)56(4)26-13-15-58(16-14-26)36(64)11-12-37(65)69-22-28(61)21-59-23-52-42-38(45(59)67)40(39(48)46(68)57(42)5)53-32-9-7-25(49)17-31(32)47/h7-10,17-20,23-24,26,28,53,61-63H,6,11-16,21-22H2,1-5H3,(H,50,66). The monoisotopic (exact) mass is 1070 g/mol. The molecule has 0 spiro atoms. The summed E-state index contributed by atoms with van der Waals surface area (Å²) in [4.78, 5) is 77.7. The third-order valence-electron chi connectivity index (χ3n) is 11.8. The fraction of sp³-hybridized carbons (Fsp3) is 0.370. The van der Waals surface area contributed by atoms with Crippen LogP contribution in [0.25, 0.3) is 28.1 Å². The Bertz CT molecular complexity index is 3050. The van der Waals surface area contributed by atoms with Crippen molar-refractivity contribution in [3.63, 3.8) is 0 Å². The predicted molar refractivity (Wildman–Crippen MR) is 258 cm³/mol. The molecule has 1 aliphatic rings. The van der Waals surface area contributed by atoms with Crippen LogP contribution in [0.15, 0.2) is 64.6 Å². The Labute approximate surface area is 406 Å². The number of aliphatic hydroxyl groups excluding tert-OH is 1. The van der Waals surface area contributed by atoms with E-state index in [1.807, 2.05) is 48.4 Å². The van der Waals surface area contributed by atoms with Crippen LogP contribution >= 0.6 is 22.6 Å². The highest BCUT2D eigenvalue weighted by Gasteiger charge is 2.29. The number of carbonyl (C=O) groups is 3. The Morgan fingerprint density at radius 1 is 0.986 bits per heavy atom. The number of carbonyl (C=O) groups excluding carboxylic acids is 3. The summed E-state index contributed by atoms with van der Waals surface area (Å²) in [6.07, 6.45) is 1.99. The van der Waals surface area contributed by atoms with Crippen LogP contribution in [-0.2, 0) is 27.9 Å². The number of likely N-dealkylation sites (tertiary alicyclic amines) is 1. The topological polar surface area (TPSA) is 252 Å². The zero-order valence-electron chi connectivity index (χ0n) is 38.2. The number of nitrogens with one attached hydrogen (secondary N) is 2. The lowest BCUT2D eigenvalue weighted by Crippen LogP contribution is -2.46. The Balaban J connectivity index is 0.925. The number of aryl methyl sites for hydroxylation is 1. The van der Waals surface area contributed by atoms with Gasteiger partial charge >= 0.3 is 5.97 Å². The van der Waals surface area contributed by atoms with Crippen molar-refractivity contribution in [2.24, 2.45) is 7.05 Å². The van der Waals surface area contributed by atoms with E-state index in [0.29, 0.717) is 53.1 Å². The first kappa shape index (κ1) is 49.9. The van der Waals surface area contributed by atoms with Gasteiger partial charge in [-0.15, -0.1) is 10.2 Å². The van der Waals surface area contributed by atoms with E-state index in [1.54, 1.807) is 42.3 Å². The smallest absolute Gasteiger partial charge is 0.306 e. The zero-order valence-corrected chi connectivity index (χ0v) is 40.4. The molecule has 0 bridgehead atoms. The average Bonchev–Trinajstić information content (AvgIpc) is 3.77. The lowest BCUT2D eigenvalue weighted by Gasteiger charge is -2.37. The molecule has 5 heterocycles. The largest absolute Gasteiger partial charge is 0.508 e. The number of benzene rings is 2. The summed E-state index contributed by atoms with van der Waals surface area (Å²) in [7, 11) is 3.11. The number of amides is 2. The number of piperidine rings is 1. The van der Waals surface area contributed by atoms with Gasteiger partial charge in [0.25, 0.3) is 17.0 Å².